The zero-order chi connectivity index (χ0) is 14.4. The molecule has 0 fully saturated rings. The highest BCUT2D eigenvalue weighted by Crippen LogP contribution is 2.12. The topological polar surface area (TPSA) is 72.9 Å². The van der Waals surface area contributed by atoms with E-state index in [1.54, 1.807) is 6.20 Å². The fourth-order valence-electron chi connectivity index (χ4n) is 1.81. The first-order valence-corrected chi connectivity index (χ1v) is 7.23. The maximum Gasteiger partial charge on any atom is 0.225 e. The summed E-state index contributed by atoms with van der Waals surface area (Å²) in [4.78, 5) is 11.4. The quantitative estimate of drug-likeness (QED) is 0.817. The number of benzene rings is 1. The van der Waals surface area contributed by atoms with Gasteiger partial charge in [-0.1, -0.05) is 12.1 Å². The zero-order valence-electron chi connectivity index (χ0n) is 11.5. The Balaban J connectivity index is 0.00000220. The second kappa shape index (κ2) is 8.81. The molecule has 1 amide bonds. The summed E-state index contributed by atoms with van der Waals surface area (Å²) in [5, 5.41) is 7.01. The Morgan fingerprint density at radius 2 is 2.05 bits per heavy atom. The first-order valence-electron chi connectivity index (χ1n) is 6.44. The molecule has 21 heavy (non-hydrogen) atoms. The van der Waals surface area contributed by atoms with Crippen LogP contribution in [0.1, 0.15) is 12.0 Å². The number of hydrogen-bond donors (Lipinski definition) is 2. The van der Waals surface area contributed by atoms with Crippen LogP contribution in [-0.4, -0.2) is 22.2 Å². The Labute approximate surface area is 138 Å². The number of nitrogens with one attached hydrogen (secondary N) is 1. The number of aryl methyl sites for hydroxylation is 2. The molecule has 0 spiro atoms. The third-order valence-corrected chi connectivity index (χ3v) is 3.25. The molecule has 0 unspecified atom stereocenters. The second-order valence-corrected chi connectivity index (χ2v) is 5.37. The van der Waals surface area contributed by atoms with E-state index in [9.17, 15) is 4.79 Å². The Morgan fingerprint density at radius 1 is 1.33 bits per heavy atom. The molecule has 5 nitrogen and oxygen atoms in total. The van der Waals surface area contributed by atoms with Crippen molar-refractivity contribution >= 4 is 39.9 Å². The van der Waals surface area contributed by atoms with Crippen LogP contribution < -0.4 is 11.1 Å². The van der Waals surface area contributed by atoms with Crippen molar-refractivity contribution in [1.82, 2.24) is 9.78 Å². The summed E-state index contributed by atoms with van der Waals surface area (Å²) in [6, 6.07) is 7.83. The van der Waals surface area contributed by atoms with Gasteiger partial charge >= 0.3 is 0 Å². The van der Waals surface area contributed by atoms with Gasteiger partial charge in [-0.15, -0.1) is 12.4 Å². The summed E-state index contributed by atoms with van der Waals surface area (Å²) < 4.78 is 2.87. The minimum absolute atomic E-state index is 0. The third-order valence-electron chi connectivity index (χ3n) is 2.84. The smallest absolute Gasteiger partial charge is 0.225 e. The van der Waals surface area contributed by atoms with Crippen LogP contribution in [0.25, 0.3) is 0 Å². The maximum absolute atomic E-state index is 11.4. The van der Waals surface area contributed by atoms with Gasteiger partial charge in [0.05, 0.1) is 10.7 Å². The number of carbonyl (C=O) groups excluding carboxylic acids is 1. The molecule has 1 aromatic heterocycles. The molecule has 1 aromatic carbocycles. The van der Waals surface area contributed by atoms with Gasteiger partial charge in [0.25, 0.3) is 0 Å². The Bertz CT molecular complexity index is 571. The number of hydrogen-bond acceptors (Lipinski definition) is 3. The van der Waals surface area contributed by atoms with Crippen molar-refractivity contribution in [1.29, 1.82) is 0 Å². The minimum Gasteiger partial charge on any atom is -0.330 e. The molecule has 114 valence electrons. The van der Waals surface area contributed by atoms with Crippen LogP contribution in [0, 0.1) is 0 Å². The fourth-order valence-corrected chi connectivity index (χ4v) is 2.14. The Kier molecular flexibility index (Phi) is 7.42. The van der Waals surface area contributed by atoms with Crippen LogP contribution in [0.15, 0.2) is 41.1 Å². The number of carbonyl (C=O) groups is 1. The molecule has 0 aliphatic rings. The lowest BCUT2D eigenvalue weighted by Crippen LogP contribution is -2.16. The molecular formula is C14H18BrClN4O. The lowest BCUT2D eigenvalue weighted by atomic mass is 10.1. The first-order chi connectivity index (χ1) is 9.67. The predicted octanol–water partition coefficient (Wildman–Crippen LogP) is 2.60. The molecule has 0 saturated carbocycles. The normalized spacial score (nSPS) is 10.0. The van der Waals surface area contributed by atoms with E-state index >= 15 is 0 Å². The van der Waals surface area contributed by atoms with Crippen LogP contribution in [0.4, 0.5) is 5.69 Å². The molecule has 2 aromatic rings. The Morgan fingerprint density at radius 3 is 2.62 bits per heavy atom. The van der Waals surface area contributed by atoms with E-state index in [1.807, 2.05) is 35.1 Å². The van der Waals surface area contributed by atoms with E-state index in [-0.39, 0.29) is 18.3 Å². The van der Waals surface area contributed by atoms with Crippen LogP contribution >= 0.6 is 28.3 Å². The van der Waals surface area contributed by atoms with E-state index in [2.05, 4.69) is 26.3 Å². The molecule has 3 N–H and O–H groups in total. The molecule has 0 saturated heterocycles. The van der Waals surface area contributed by atoms with Crippen molar-refractivity contribution in [3.63, 3.8) is 0 Å². The minimum atomic E-state index is -0.0540. The summed E-state index contributed by atoms with van der Waals surface area (Å²) in [5.74, 6) is -0.0540. The Hall–Kier alpha value is -1.37. The molecule has 0 aliphatic carbocycles. The van der Waals surface area contributed by atoms with E-state index in [0.717, 1.165) is 23.1 Å². The average Bonchev–Trinajstić information content (AvgIpc) is 2.84. The van der Waals surface area contributed by atoms with Gasteiger partial charge in [0.1, 0.15) is 0 Å². The molecule has 0 bridgehead atoms. The number of halogens is 2. The molecule has 7 heteroatoms. The summed E-state index contributed by atoms with van der Waals surface area (Å²) in [5.41, 5.74) is 7.33. The van der Waals surface area contributed by atoms with Crippen LogP contribution in [0.5, 0.6) is 0 Å². The third kappa shape index (κ3) is 5.87. The monoisotopic (exact) mass is 372 g/mol. The van der Waals surface area contributed by atoms with Crippen molar-refractivity contribution in [2.45, 2.75) is 19.4 Å². The number of anilines is 1. The van der Waals surface area contributed by atoms with Gasteiger partial charge in [-0.05, 0) is 40.0 Å². The van der Waals surface area contributed by atoms with Crippen molar-refractivity contribution in [3.8, 4) is 0 Å². The highest BCUT2D eigenvalue weighted by atomic mass is 79.9. The first kappa shape index (κ1) is 17.7. The van der Waals surface area contributed by atoms with Gasteiger partial charge in [0, 0.05) is 31.4 Å². The van der Waals surface area contributed by atoms with Gasteiger partial charge in [0.2, 0.25) is 5.91 Å². The van der Waals surface area contributed by atoms with E-state index in [0.29, 0.717) is 13.0 Å². The SMILES string of the molecule is Cl.NCCC(=O)Nc1ccc(CCn2cc(Br)cn2)cc1. The summed E-state index contributed by atoms with van der Waals surface area (Å²) in [6.07, 6.45) is 4.96. The number of nitrogens with two attached hydrogens (primary N) is 1. The van der Waals surface area contributed by atoms with Crippen LogP contribution in [0.3, 0.4) is 0 Å². The maximum atomic E-state index is 11.4. The fraction of sp³-hybridized carbons (Fsp3) is 0.286. The highest BCUT2D eigenvalue weighted by molar-refractivity contribution is 9.10. The zero-order valence-corrected chi connectivity index (χ0v) is 13.9. The standard InChI is InChI=1S/C14H17BrN4O.ClH/c15-12-9-17-19(10-12)8-6-11-1-3-13(4-2-11)18-14(20)5-7-16;/h1-4,9-10H,5-8,16H2,(H,18,20);1H. The van der Waals surface area contributed by atoms with Crippen LogP contribution in [0.2, 0.25) is 0 Å². The van der Waals surface area contributed by atoms with E-state index < -0.39 is 0 Å². The van der Waals surface area contributed by atoms with Crippen molar-refractivity contribution < 1.29 is 4.79 Å². The van der Waals surface area contributed by atoms with Gasteiger partial charge in [0.15, 0.2) is 0 Å². The summed E-state index contributed by atoms with van der Waals surface area (Å²) in [7, 11) is 0. The predicted molar refractivity (Wildman–Crippen MR) is 89.6 cm³/mol. The number of amides is 1. The molecule has 0 atom stereocenters. The second-order valence-electron chi connectivity index (χ2n) is 4.46. The van der Waals surface area contributed by atoms with E-state index in [4.69, 9.17) is 5.73 Å². The number of rotatable bonds is 6. The highest BCUT2D eigenvalue weighted by Gasteiger charge is 2.01. The van der Waals surface area contributed by atoms with Gasteiger partial charge in [-0.3, -0.25) is 9.48 Å². The lowest BCUT2D eigenvalue weighted by molar-refractivity contribution is -0.116. The van der Waals surface area contributed by atoms with Crippen LogP contribution in [-0.2, 0) is 17.8 Å². The summed E-state index contributed by atoms with van der Waals surface area (Å²) >= 11 is 3.37. The van der Waals surface area contributed by atoms with Gasteiger partial charge in [-0.25, -0.2) is 0 Å². The van der Waals surface area contributed by atoms with Crippen molar-refractivity contribution in [2.75, 3.05) is 11.9 Å². The van der Waals surface area contributed by atoms with Gasteiger partial charge in [-0.2, -0.15) is 5.10 Å². The number of nitrogens with zero attached hydrogens (tertiary/aromatic N) is 2. The largest absolute Gasteiger partial charge is 0.330 e. The van der Waals surface area contributed by atoms with Gasteiger partial charge < -0.3 is 11.1 Å². The average molecular weight is 374 g/mol. The molecule has 0 aliphatic heterocycles. The van der Waals surface area contributed by atoms with Crippen molar-refractivity contribution in [3.05, 3.63) is 46.7 Å². The lowest BCUT2D eigenvalue weighted by Gasteiger charge is -2.06. The van der Waals surface area contributed by atoms with E-state index in [1.165, 1.54) is 5.56 Å². The molecule has 1 heterocycles. The molecule has 2 rings (SSSR count). The summed E-state index contributed by atoms with van der Waals surface area (Å²) in [6.45, 7) is 1.19. The van der Waals surface area contributed by atoms with Crippen molar-refractivity contribution in [2.24, 2.45) is 5.73 Å². The molecular weight excluding hydrogens is 356 g/mol. The number of aromatic nitrogens is 2. The molecule has 0 radical (unpaired) electrons.